The van der Waals surface area contributed by atoms with Gasteiger partial charge in [0, 0.05) is 10.9 Å². The summed E-state index contributed by atoms with van der Waals surface area (Å²) in [5.41, 5.74) is 0.942. The van der Waals surface area contributed by atoms with Crippen molar-refractivity contribution in [3.8, 4) is 0 Å². The Kier molecular flexibility index (Phi) is 4.57. The van der Waals surface area contributed by atoms with Crippen molar-refractivity contribution < 1.29 is 5.11 Å². The van der Waals surface area contributed by atoms with Gasteiger partial charge in [-0.05, 0) is 39.7 Å². The summed E-state index contributed by atoms with van der Waals surface area (Å²) < 4.78 is 0. The van der Waals surface area contributed by atoms with Crippen LogP contribution in [0.15, 0.2) is 4.79 Å². The van der Waals surface area contributed by atoms with Gasteiger partial charge in [0.15, 0.2) is 0 Å². The first-order valence-electron chi connectivity index (χ1n) is 6.78. The summed E-state index contributed by atoms with van der Waals surface area (Å²) in [5, 5.41) is 13.3. The molecule has 2 aromatic heterocycles. The van der Waals surface area contributed by atoms with Gasteiger partial charge in [-0.2, -0.15) is 0 Å². The molecule has 0 amide bonds. The summed E-state index contributed by atoms with van der Waals surface area (Å²) in [6, 6.07) is 0.169. The zero-order valence-corrected chi connectivity index (χ0v) is 13.1. The largest absolute Gasteiger partial charge is 0.393 e. The Morgan fingerprint density at radius 3 is 2.75 bits per heavy atom. The Balaban J connectivity index is 2.18. The van der Waals surface area contributed by atoms with Gasteiger partial charge < -0.3 is 15.4 Å². The molecular weight excluding hydrogens is 274 g/mol. The van der Waals surface area contributed by atoms with Gasteiger partial charge in [-0.1, -0.05) is 0 Å². The number of aromatic amines is 1. The standard InChI is InChI=1S/C14H21N3O2S/c1-7(5-8(2)18)15-6-11-16-13(19)12-9(3)10(4)20-14(12)17-11/h7-8,15,18H,5-6H2,1-4H3,(H,16,17,19). The van der Waals surface area contributed by atoms with Crippen molar-refractivity contribution in [1.82, 2.24) is 15.3 Å². The number of aromatic nitrogens is 2. The lowest BCUT2D eigenvalue weighted by atomic mass is 10.1. The zero-order valence-electron chi connectivity index (χ0n) is 12.3. The van der Waals surface area contributed by atoms with Crippen molar-refractivity contribution in [2.45, 2.75) is 52.8 Å². The van der Waals surface area contributed by atoms with E-state index in [4.69, 9.17) is 0 Å². The van der Waals surface area contributed by atoms with E-state index in [1.165, 1.54) is 0 Å². The number of aliphatic hydroxyl groups is 1. The molecule has 110 valence electrons. The average molecular weight is 295 g/mol. The van der Waals surface area contributed by atoms with Crippen LogP contribution in [0.4, 0.5) is 0 Å². The second-order valence-electron chi connectivity index (χ2n) is 5.34. The highest BCUT2D eigenvalue weighted by molar-refractivity contribution is 7.18. The van der Waals surface area contributed by atoms with Crippen LogP contribution in [0.25, 0.3) is 10.2 Å². The van der Waals surface area contributed by atoms with Gasteiger partial charge in [-0.25, -0.2) is 4.98 Å². The van der Waals surface area contributed by atoms with E-state index < -0.39 is 0 Å². The minimum atomic E-state index is -0.338. The molecule has 2 rings (SSSR count). The van der Waals surface area contributed by atoms with Crippen LogP contribution in [0.5, 0.6) is 0 Å². The van der Waals surface area contributed by atoms with Crippen LogP contribution in [0.1, 0.15) is 36.5 Å². The maximum atomic E-state index is 12.1. The molecule has 0 aromatic carbocycles. The Hall–Kier alpha value is -1.24. The Labute approximate surface area is 122 Å². The number of aryl methyl sites for hydroxylation is 2. The average Bonchev–Trinajstić information content (AvgIpc) is 2.62. The fourth-order valence-corrected chi connectivity index (χ4v) is 3.30. The van der Waals surface area contributed by atoms with Crippen molar-refractivity contribution in [2.24, 2.45) is 0 Å². The van der Waals surface area contributed by atoms with E-state index in [2.05, 4.69) is 15.3 Å². The molecule has 20 heavy (non-hydrogen) atoms. The molecule has 2 atom stereocenters. The molecule has 6 heteroatoms. The third-order valence-electron chi connectivity index (χ3n) is 3.40. The molecule has 3 N–H and O–H groups in total. The van der Waals surface area contributed by atoms with E-state index in [0.29, 0.717) is 24.2 Å². The highest BCUT2D eigenvalue weighted by Crippen LogP contribution is 2.25. The second-order valence-corrected chi connectivity index (χ2v) is 6.55. The number of H-pyrrole nitrogens is 1. The van der Waals surface area contributed by atoms with Crippen LogP contribution in [-0.4, -0.2) is 27.2 Å². The van der Waals surface area contributed by atoms with Crippen LogP contribution < -0.4 is 10.9 Å². The molecule has 0 radical (unpaired) electrons. The van der Waals surface area contributed by atoms with E-state index in [0.717, 1.165) is 15.3 Å². The third-order valence-corrected chi connectivity index (χ3v) is 4.50. The van der Waals surface area contributed by atoms with Gasteiger partial charge in [0.25, 0.3) is 5.56 Å². The predicted molar refractivity (Wildman–Crippen MR) is 82.3 cm³/mol. The van der Waals surface area contributed by atoms with E-state index in [1.54, 1.807) is 18.3 Å². The van der Waals surface area contributed by atoms with Gasteiger partial charge in [0.1, 0.15) is 10.7 Å². The molecule has 2 unspecified atom stereocenters. The van der Waals surface area contributed by atoms with Gasteiger partial charge in [-0.3, -0.25) is 4.79 Å². The van der Waals surface area contributed by atoms with E-state index >= 15 is 0 Å². The first-order valence-corrected chi connectivity index (χ1v) is 7.60. The van der Waals surface area contributed by atoms with E-state index in [-0.39, 0.29) is 17.7 Å². The summed E-state index contributed by atoms with van der Waals surface area (Å²) in [6.45, 7) is 8.22. The monoisotopic (exact) mass is 295 g/mol. The number of rotatable bonds is 5. The molecular formula is C14H21N3O2S. The first-order chi connectivity index (χ1) is 9.38. The van der Waals surface area contributed by atoms with Crippen LogP contribution in [0.2, 0.25) is 0 Å². The molecule has 2 heterocycles. The lowest BCUT2D eigenvalue weighted by Gasteiger charge is -2.14. The minimum absolute atomic E-state index is 0.0724. The SMILES string of the molecule is Cc1sc2nc(CNC(C)CC(C)O)[nH]c(=O)c2c1C. The van der Waals surface area contributed by atoms with Crippen LogP contribution in [0.3, 0.4) is 0 Å². The van der Waals surface area contributed by atoms with E-state index in [1.807, 2.05) is 20.8 Å². The van der Waals surface area contributed by atoms with E-state index in [9.17, 15) is 9.90 Å². The first kappa shape index (κ1) is 15.2. The molecule has 0 bridgehead atoms. The molecule has 0 aliphatic carbocycles. The molecule has 0 aliphatic heterocycles. The topological polar surface area (TPSA) is 78.0 Å². The Morgan fingerprint density at radius 1 is 1.40 bits per heavy atom. The maximum Gasteiger partial charge on any atom is 0.259 e. The fourth-order valence-electron chi connectivity index (χ4n) is 2.25. The van der Waals surface area contributed by atoms with Crippen molar-refractivity contribution in [3.63, 3.8) is 0 Å². The number of hydrogen-bond donors (Lipinski definition) is 3. The lowest BCUT2D eigenvalue weighted by molar-refractivity contribution is 0.170. The van der Waals surface area contributed by atoms with Crippen molar-refractivity contribution in [2.75, 3.05) is 0 Å². The third kappa shape index (κ3) is 3.26. The fraction of sp³-hybridized carbons (Fsp3) is 0.571. The molecule has 0 spiro atoms. The van der Waals surface area contributed by atoms with Crippen LogP contribution in [0, 0.1) is 13.8 Å². The summed E-state index contributed by atoms with van der Waals surface area (Å²) in [6.07, 6.45) is 0.332. The molecule has 0 aliphatic rings. The molecule has 5 nitrogen and oxygen atoms in total. The van der Waals surface area contributed by atoms with Gasteiger partial charge in [0.05, 0.1) is 18.0 Å². The summed E-state index contributed by atoms with van der Waals surface area (Å²) in [5.74, 6) is 0.640. The van der Waals surface area contributed by atoms with Crippen molar-refractivity contribution in [3.05, 3.63) is 26.6 Å². The number of nitrogens with zero attached hydrogens (tertiary/aromatic N) is 1. The maximum absolute atomic E-state index is 12.1. The quantitative estimate of drug-likeness (QED) is 0.786. The number of nitrogens with one attached hydrogen (secondary N) is 2. The van der Waals surface area contributed by atoms with Crippen molar-refractivity contribution >= 4 is 21.6 Å². The summed E-state index contributed by atoms with van der Waals surface area (Å²) in [7, 11) is 0. The van der Waals surface area contributed by atoms with Crippen molar-refractivity contribution in [1.29, 1.82) is 0 Å². The van der Waals surface area contributed by atoms with Crippen LogP contribution in [-0.2, 0) is 6.54 Å². The van der Waals surface area contributed by atoms with Gasteiger partial charge >= 0.3 is 0 Å². The van der Waals surface area contributed by atoms with Gasteiger partial charge in [0.2, 0.25) is 0 Å². The summed E-state index contributed by atoms with van der Waals surface area (Å²) in [4.78, 5) is 21.4. The second kappa shape index (κ2) is 6.03. The highest BCUT2D eigenvalue weighted by Gasteiger charge is 2.12. The number of hydrogen-bond acceptors (Lipinski definition) is 5. The highest BCUT2D eigenvalue weighted by atomic mass is 32.1. The Morgan fingerprint density at radius 2 is 2.10 bits per heavy atom. The summed E-state index contributed by atoms with van der Waals surface area (Å²) >= 11 is 1.55. The number of thiophene rings is 1. The van der Waals surface area contributed by atoms with Gasteiger partial charge in [-0.15, -0.1) is 11.3 Å². The predicted octanol–water partition coefficient (Wildman–Crippen LogP) is 1.85. The number of aliphatic hydroxyl groups excluding tert-OH is 1. The molecule has 2 aromatic rings. The Bertz CT molecular complexity index is 660. The lowest BCUT2D eigenvalue weighted by Crippen LogP contribution is -2.30. The smallest absolute Gasteiger partial charge is 0.259 e. The normalized spacial score (nSPS) is 14.7. The minimum Gasteiger partial charge on any atom is -0.393 e. The molecule has 0 saturated carbocycles. The number of fused-ring (bicyclic) bond motifs is 1. The van der Waals surface area contributed by atoms with Crippen LogP contribution >= 0.6 is 11.3 Å². The molecule has 0 saturated heterocycles. The molecule has 0 fully saturated rings. The zero-order chi connectivity index (χ0) is 14.9.